The Morgan fingerprint density at radius 1 is 1.67 bits per heavy atom. The van der Waals surface area contributed by atoms with Crippen LogP contribution in [0.1, 0.15) is 18.1 Å². The topological polar surface area (TPSA) is 75.3 Å². The Balaban J connectivity index is 3.25. The lowest BCUT2D eigenvalue weighted by molar-refractivity contribution is 0.570. The molecule has 1 aromatic rings. The zero-order chi connectivity index (χ0) is 11.4. The van der Waals surface area contributed by atoms with E-state index >= 15 is 0 Å². The number of anilines is 1. The van der Waals surface area contributed by atoms with E-state index in [4.69, 9.17) is 22.5 Å². The van der Waals surface area contributed by atoms with Crippen molar-refractivity contribution < 1.29 is 8.76 Å². The number of thiocarbonyl (C=S) groups is 1. The highest BCUT2D eigenvalue weighted by atomic mass is 32.2. The molecule has 0 amide bonds. The van der Waals surface area contributed by atoms with Crippen LogP contribution < -0.4 is 10.5 Å². The number of nitrogens with two attached hydrogens (primary N) is 1. The highest BCUT2D eigenvalue weighted by molar-refractivity contribution is 7.81. The molecule has 0 saturated heterocycles. The summed E-state index contributed by atoms with van der Waals surface area (Å²) in [7, 11) is 0. The number of hydrogen-bond donors (Lipinski definition) is 3. The monoisotopic (exact) mass is 244 g/mol. The molecule has 0 bridgehead atoms. The third-order valence-corrected chi connectivity index (χ3v) is 2.57. The second-order valence-corrected chi connectivity index (χ2v) is 4.05. The normalized spacial score (nSPS) is 12.1. The van der Waals surface area contributed by atoms with Crippen LogP contribution in [0.25, 0.3) is 0 Å². The average Bonchev–Trinajstić information content (AvgIpc) is 2.15. The molecule has 4 N–H and O–H groups in total. The summed E-state index contributed by atoms with van der Waals surface area (Å²) >= 11 is 2.79. The average molecular weight is 244 g/mol. The molecule has 15 heavy (non-hydrogen) atoms. The van der Waals surface area contributed by atoms with Gasteiger partial charge in [-0.25, -0.2) is 4.21 Å². The second-order valence-electron chi connectivity index (χ2n) is 2.91. The van der Waals surface area contributed by atoms with E-state index in [9.17, 15) is 4.21 Å². The number of nitrogens with one attached hydrogen (secondary N) is 1. The van der Waals surface area contributed by atoms with E-state index in [2.05, 4.69) is 4.72 Å². The van der Waals surface area contributed by atoms with Gasteiger partial charge in [0.05, 0.1) is 5.69 Å². The molecule has 0 heterocycles. The Kier molecular flexibility index (Phi) is 4.19. The van der Waals surface area contributed by atoms with Crippen LogP contribution >= 0.6 is 12.2 Å². The first-order chi connectivity index (χ1) is 7.06. The van der Waals surface area contributed by atoms with Crippen LogP contribution in [0.4, 0.5) is 5.69 Å². The van der Waals surface area contributed by atoms with Crippen molar-refractivity contribution in [3.05, 3.63) is 29.3 Å². The molecule has 0 saturated carbocycles. The quantitative estimate of drug-likeness (QED) is 0.553. The largest absolute Gasteiger partial charge is 0.389 e. The first kappa shape index (κ1) is 12.1. The third-order valence-electron chi connectivity index (χ3n) is 1.98. The fourth-order valence-corrected chi connectivity index (χ4v) is 1.96. The molecule has 0 aromatic heterocycles. The van der Waals surface area contributed by atoms with E-state index in [1.165, 1.54) is 0 Å². The number of benzene rings is 1. The molecular weight excluding hydrogens is 232 g/mol. The number of rotatable bonds is 4. The van der Waals surface area contributed by atoms with Gasteiger partial charge in [-0.05, 0) is 18.1 Å². The highest BCUT2D eigenvalue weighted by Gasteiger charge is 2.10. The van der Waals surface area contributed by atoms with Crippen molar-refractivity contribution in [2.75, 3.05) is 4.72 Å². The predicted octanol–water partition coefficient (Wildman–Crippen LogP) is 1.43. The van der Waals surface area contributed by atoms with Crippen LogP contribution in [0.3, 0.4) is 0 Å². The fourth-order valence-electron chi connectivity index (χ4n) is 1.36. The van der Waals surface area contributed by atoms with Gasteiger partial charge in [0.15, 0.2) is 0 Å². The van der Waals surface area contributed by atoms with Crippen molar-refractivity contribution in [1.29, 1.82) is 0 Å². The van der Waals surface area contributed by atoms with Crippen molar-refractivity contribution >= 4 is 34.2 Å². The van der Waals surface area contributed by atoms with Crippen LogP contribution in [0, 0.1) is 0 Å². The zero-order valence-corrected chi connectivity index (χ0v) is 9.82. The summed E-state index contributed by atoms with van der Waals surface area (Å²) in [5, 5.41) is 0. The first-order valence-electron chi connectivity index (χ1n) is 4.35. The minimum absolute atomic E-state index is 0.223. The number of aryl methyl sites for hydroxylation is 1. The zero-order valence-electron chi connectivity index (χ0n) is 8.19. The van der Waals surface area contributed by atoms with E-state index in [0.29, 0.717) is 11.3 Å². The fraction of sp³-hybridized carbons (Fsp3) is 0.222. The van der Waals surface area contributed by atoms with E-state index in [1.54, 1.807) is 12.1 Å². The van der Waals surface area contributed by atoms with Crippen molar-refractivity contribution in [3.63, 3.8) is 0 Å². The lowest BCUT2D eigenvalue weighted by atomic mass is 10.0. The van der Waals surface area contributed by atoms with Gasteiger partial charge in [0.2, 0.25) is 0 Å². The van der Waals surface area contributed by atoms with Gasteiger partial charge in [-0.3, -0.25) is 9.27 Å². The van der Waals surface area contributed by atoms with Crippen LogP contribution in [0.5, 0.6) is 0 Å². The summed E-state index contributed by atoms with van der Waals surface area (Å²) in [5.41, 5.74) is 7.66. The van der Waals surface area contributed by atoms with Gasteiger partial charge in [-0.15, -0.1) is 0 Å². The Hall–Kier alpha value is -0.980. The Morgan fingerprint density at radius 3 is 2.80 bits per heavy atom. The van der Waals surface area contributed by atoms with Gasteiger partial charge in [0.25, 0.3) is 11.3 Å². The Bertz CT molecular complexity index is 407. The highest BCUT2D eigenvalue weighted by Crippen LogP contribution is 2.20. The van der Waals surface area contributed by atoms with Gasteiger partial charge >= 0.3 is 0 Å². The van der Waals surface area contributed by atoms with Crippen LogP contribution in [0.2, 0.25) is 0 Å². The maximum atomic E-state index is 10.7. The molecule has 1 atom stereocenters. The maximum Gasteiger partial charge on any atom is 0.259 e. The molecule has 0 spiro atoms. The smallest absolute Gasteiger partial charge is 0.259 e. The van der Waals surface area contributed by atoms with E-state index < -0.39 is 11.3 Å². The minimum atomic E-state index is -2.12. The lowest BCUT2D eigenvalue weighted by Gasteiger charge is -2.12. The summed E-state index contributed by atoms with van der Waals surface area (Å²) in [5.74, 6) is 0. The summed E-state index contributed by atoms with van der Waals surface area (Å²) in [6.07, 6.45) is 0.764. The molecule has 0 radical (unpaired) electrons. The molecule has 0 aliphatic carbocycles. The maximum absolute atomic E-state index is 10.7. The molecule has 0 fully saturated rings. The minimum Gasteiger partial charge on any atom is -0.389 e. The van der Waals surface area contributed by atoms with Crippen molar-refractivity contribution in [2.45, 2.75) is 13.3 Å². The number of hydrogen-bond acceptors (Lipinski definition) is 2. The Morgan fingerprint density at radius 2 is 2.33 bits per heavy atom. The first-order valence-corrected chi connectivity index (χ1v) is 5.87. The summed E-state index contributed by atoms with van der Waals surface area (Å²) in [6.45, 7) is 1.97. The summed E-state index contributed by atoms with van der Waals surface area (Å²) < 4.78 is 21.8. The van der Waals surface area contributed by atoms with E-state index in [1.807, 2.05) is 13.0 Å². The molecular formula is C9H12N2O2S2. The van der Waals surface area contributed by atoms with Crippen molar-refractivity contribution in [3.8, 4) is 0 Å². The van der Waals surface area contributed by atoms with Gasteiger partial charge in [0, 0.05) is 5.56 Å². The molecule has 82 valence electrons. The molecule has 0 aliphatic heterocycles. The molecule has 6 heteroatoms. The van der Waals surface area contributed by atoms with Crippen molar-refractivity contribution in [2.24, 2.45) is 5.73 Å². The van der Waals surface area contributed by atoms with E-state index in [-0.39, 0.29) is 4.99 Å². The van der Waals surface area contributed by atoms with Crippen LogP contribution in [-0.4, -0.2) is 13.8 Å². The summed E-state index contributed by atoms with van der Waals surface area (Å²) in [4.78, 5) is 0.223. The molecule has 1 unspecified atom stereocenters. The second kappa shape index (κ2) is 5.20. The van der Waals surface area contributed by atoms with Gasteiger partial charge < -0.3 is 5.73 Å². The van der Waals surface area contributed by atoms with Crippen LogP contribution in [-0.2, 0) is 17.7 Å². The van der Waals surface area contributed by atoms with E-state index in [0.717, 1.165) is 12.0 Å². The van der Waals surface area contributed by atoms with Crippen molar-refractivity contribution in [1.82, 2.24) is 0 Å². The van der Waals surface area contributed by atoms with Crippen LogP contribution in [0.15, 0.2) is 18.2 Å². The molecule has 0 aliphatic rings. The molecule has 1 aromatic carbocycles. The third kappa shape index (κ3) is 2.98. The standard InChI is InChI=1S/C9H12N2O2S2/c1-2-6-4-3-5-7(11-15(12)13)8(6)9(10)14/h3-5,11H,2H2,1H3,(H2,10,14)(H,12,13). The summed E-state index contributed by atoms with van der Waals surface area (Å²) in [6, 6.07) is 5.34. The Labute approximate surface area is 96.3 Å². The molecule has 1 rings (SSSR count). The predicted molar refractivity (Wildman–Crippen MR) is 66.1 cm³/mol. The van der Waals surface area contributed by atoms with Gasteiger partial charge in [0.1, 0.15) is 4.99 Å². The van der Waals surface area contributed by atoms with Gasteiger partial charge in [-0.1, -0.05) is 31.3 Å². The molecule has 4 nitrogen and oxygen atoms in total. The van der Waals surface area contributed by atoms with Gasteiger partial charge in [-0.2, -0.15) is 0 Å². The SMILES string of the molecule is CCc1cccc(NS(=O)O)c1C(N)=S. The lowest BCUT2D eigenvalue weighted by Crippen LogP contribution is -2.16.